The molecule has 1 heterocycles. The molecule has 3 aromatic rings. The molecular weight excluding hydrogens is 364 g/mol. The van der Waals surface area contributed by atoms with E-state index in [2.05, 4.69) is 5.32 Å². The number of amides is 1. The maximum atomic E-state index is 12.3. The summed E-state index contributed by atoms with van der Waals surface area (Å²) in [5.74, 6) is 1.29. The SMILES string of the molecule is COc1cc2c(cc1OC)C(c1ccc(NC(=O)c3ccccc3)cc1)=NCC2. The molecule has 5 heteroatoms. The van der Waals surface area contributed by atoms with Crippen LogP contribution < -0.4 is 14.8 Å². The molecule has 5 nitrogen and oxygen atoms in total. The maximum Gasteiger partial charge on any atom is 0.255 e. The van der Waals surface area contributed by atoms with Crippen LogP contribution >= 0.6 is 0 Å². The van der Waals surface area contributed by atoms with Crippen molar-refractivity contribution in [3.8, 4) is 11.5 Å². The van der Waals surface area contributed by atoms with Gasteiger partial charge in [0, 0.05) is 28.9 Å². The van der Waals surface area contributed by atoms with Gasteiger partial charge in [-0.2, -0.15) is 0 Å². The summed E-state index contributed by atoms with van der Waals surface area (Å²) in [5, 5.41) is 2.93. The van der Waals surface area contributed by atoms with Gasteiger partial charge in [-0.1, -0.05) is 30.3 Å². The molecular formula is C24H22N2O3. The number of carbonyl (C=O) groups excluding carboxylic acids is 1. The van der Waals surface area contributed by atoms with Gasteiger partial charge in [0.15, 0.2) is 11.5 Å². The average molecular weight is 386 g/mol. The van der Waals surface area contributed by atoms with Gasteiger partial charge in [-0.15, -0.1) is 0 Å². The largest absolute Gasteiger partial charge is 0.493 e. The van der Waals surface area contributed by atoms with Gasteiger partial charge in [-0.05, 0) is 48.4 Å². The number of rotatable bonds is 5. The summed E-state index contributed by atoms with van der Waals surface area (Å²) in [6, 6.07) is 20.9. The number of hydrogen-bond donors (Lipinski definition) is 1. The van der Waals surface area contributed by atoms with E-state index in [1.165, 1.54) is 5.56 Å². The smallest absolute Gasteiger partial charge is 0.255 e. The van der Waals surface area contributed by atoms with Crippen LogP contribution in [0.1, 0.15) is 27.0 Å². The second-order valence-corrected chi connectivity index (χ2v) is 6.74. The zero-order chi connectivity index (χ0) is 20.2. The number of anilines is 1. The minimum atomic E-state index is -0.129. The Morgan fingerprint density at radius 2 is 1.62 bits per heavy atom. The van der Waals surface area contributed by atoms with Gasteiger partial charge < -0.3 is 14.8 Å². The normalized spacial score (nSPS) is 12.6. The number of aliphatic imine (C=N–C) groups is 1. The van der Waals surface area contributed by atoms with Crippen LogP contribution in [0, 0.1) is 0 Å². The van der Waals surface area contributed by atoms with Crippen molar-refractivity contribution in [3.05, 3.63) is 89.0 Å². The van der Waals surface area contributed by atoms with Crippen molar-refractivity contribution in [1.29, 1.82) is 0 Å². The predicted molar refractivity (Wildman–Crippen MR) is 115 cm³/mol. The first kappa shape index (κ1) is 18.7. The van der Waals surface area contributed by atoms with Crippen LogP contribution in [0.25, 0.3) is 0 Å². The predicted octanol–water partition coefficient (Wildman–Crippen LogP) is 4.35. The van der Waals surface area contributed by atoms with E-state index in [-0.39, 0.29) is 5.91 Å². The highest BCUT2D eigenvalue weighted by molar-refractivity contribution is 6.15. The van der Waals surface area contributed by atoms with Crippen LogP contribution in [0.3, 0.4) is 0 Å². The molecule has 0 unspecified atom stereocenters. The second kappa shape index (κ2) is 8.19. The Balaban J connectivity index is 1.59. The van der Waals surface area contributed by atoms with E-state index in [0.717, 1.165) is 41.2 Å². The molecule has 1 aliphatic heterocycles. The van der Waals surface area contributed by atoms with E-state index >= 15 is 0 Å². The molecule has 0 saturated heterocycles. The lowest BCUT2D eigenvalue weighted by atomic mass is 9.92. The second-order valence-electron chi connectivity index (χ2n) is 6.74. The van der Waals surface area contributed by atoms with E-state index in [4.69, 9.17) is 14.5 Å². The highest BCUT2D eigenvalue weighted by Crippen LogP contribution is 2.33. The van der Waals surface area contributed by atoms with E-state index < -0.39 is 0 Å². The average Bonchev–Trinajstić information content (AvgIpc) is 2.78. The van der Waals surface area contributed by atoms with Crippen molar-refractivity contribution in [1.82, 2.24) is 0 Å². The highest BCUT2D eigenvalue weighted by atomic mass is 16.5. The van der Waals surface area contributed by atoms with Crippen LogP contribution in [0.4, 0.5) is 5.69 Å². The summed E-state index contributed by atoms with van der Waals surface area (Å²) < 4.78 is 10.9. The Bertz CT molecular complexity index is 1060. The molecule has 0 saturated carbocycles. The molecule has 0 bridgehead atoms. The van der Waals surface area contributed by atoms with Crippen molar-refractivity contribution in [2.45, 2.75) is 6.42 Å². The fraction of sp³-hybridized carbons (Fsp3) is 0.167. The third-order valence-corrected chi connectivity index (χ3v) is 4.97. The van der Waals surface area contributed by atoms with E-state index in [1.807, 2.05) is 54.6 Å². The Morgan fingerprint density at radius 1 is 0.931 bits per heavy atom. The first-order valence-electron chi connectivity index (χ1n) is 9.46. The zero-order valence-corrected chi connectivity index (χ0v) is 16.4. The standard InChI is InChI=1S/C24H22N2O3/c1-28-21-14-18-12-13-25-23(20(18)15-22(21)29-2)16-8-10-19(11-9-16)26-24(27)17-6-4-3-5-7-17/h3-11,14-15H,12-13H2,1-2H3,(H,26,27). The van der Waals surface area contributed by atoms with Gasteiger partial charge in [0.1, 0.15) is 0 Å². The molecule has 1 N–H and O–H groups in total. The van der Waals surface area contributed by atoms with Crippen LogP contribution in [-0.2, 0) is 6.42 Å². The molecule has 1 amide bonds. The summed E-state index contributed by atoms with van der Waals surface area (Å²) in [7, 11) is 3.28. The van der Waals surface area contributed by atoms with Crippen LogP contribution in [0.5, 0.6) is 11.5 Å². The molecule has 0 radical (unpaired) electrons. The third-order valence-electron chi connectivity index (χ3n) is 4.97. The Morgan fingerprint density at radius 3 is 2.31 bits per heavy atom. The van der Waals surface area contributed by atoms with Gasteiger partial charge in [-0.3, -0.25) is 9.79 Å². The van der Waals surface area contributed by atoms with Crippen molar-refractivity contribution in [2.75, 3.05) is 26.1 Å². The molecule has 0 aliphatic carbocycles. The number of carbonyl (C=O) groups is 1. The molecule has 0 aromatic heterocycles. The Hall–Kier alpha value is -3.60. The van der Waals surface area contributed by atoms with Crippen LogP contribution in [0.15, 0.2) is 71.7 Å². The summed E-state index contributed by atoms with van der Waals surface area (Å²) in [6.07, 6.45) is 0.865. The number of ether oxygens (including phenoxy) is 2. The molecule has 0 fully saturated rings. The van der Waals surface area contributed by atoms with Gasteiger partial charge in [0.2, 0.25) is 0 Å². The van der Waals surface area contributed by atoms with Gasteiger partial charge in [0.05, 0.1) is 19.9 Å². The molecule has 4 rings (SSSR count). The number of fused-ring (bicyclic) bond motifs is 1. The fourth-order valence-corrected chi connectivity index (χ4v) is 3.47. The summed E-state index contributed by atoms with van der Waals surface area (Å²) in [6.45, 7) is 0.726. The summed E-state index contributed by atoms with van der Waals surface area (Å²) in [5.41, 5.74) is 5.53. The van der Waals surface area contributed by atoms with Crippen molar-refractivity contribution in [3.63, 3.8) is 0 Å². The van der Waals surface area contributed by atoms with Crippen LogP contribution in [-0.4, -0.2) is 32.4 Å². The van der Waals surface area contributed by atoms with E-state index in [9.17, 15) is 4.79 Å². The molecule has 3 aromatic carbocycles. The van der Waals surface area contributed by atoms with Gasteiger partial charge in [-0.25, -0.2) is 0 Å². The lowest BCUT2D eigenvalue weighted by Crippen LogP contribution is -2.15. The highest BCUT2D eigenvalue weighted by Gasteiger charge is 2.19. The first-order valence-corrected chi connectivity index (χ1v) is 9.46. The number of benzene rings is 3. The lowest BCUT2D eigenvalue weighted by molar-refractivity contribution is 0.102. The molecule has 146 valence electrons. The molecule has 0 atom stereocenters. The zero-order valence-electron chi connectivity index (χ0n) is 16.4. The van der Waals surface area contributed by atoms with Crippen molar-refractivity contribution in [2.24, 2.45) is 4.99 Å². The summed E-state index contributed by atoms with van der Waals surface area (Å²) in [4.78, 5) is 17.1. The fourth-order valence-electron chi connectivity index (χ4n) is 3.47. The van der Waals surface area contributed by atoms with E-state index in [0.29, 0.717) is 11.3 Å². The van der Waals surface area contributed by atoms with E-state index in [1.54, 1.807) is 26.4 Å². The van der Waals surface area contributed by atoms with Gasteiger partial charge >= 0.3 is 0 Å². The first-order chi connectivity index (χ1) is 14.2. The maximum absolute atomic E-state index is 12.3. The Labute approximate surface area is 170 Å². The third kappa shape index (κ3) is 3.85. The van der Waals surface area contributed by atoms with Crippen LogP contribution in [0.2, 0.25) is 0 Å². The minimum absolute atomic E-state index is 0.129. The molecule has 1 aliphatic rings. The van der Waals surface area contributed by atoms with Gasteiger partial charge in [0.25, 0.3) is 5.91 Å². The minimum Gasteiger partial charge on any atom is -0.493 e. The van der Waals surface area contributed by atoms with Crippen molar-refractivity contribution < 1.29 is 14.3 Å². The molecule has 29 heavy (non-hydrogen) atoms. The lowest BCUT2D eigenvalue weighted by Gasteiger charge is -2.20. The number of nitrogens with zero attached hydrogens (tertiary/aromatic N) is 1. The van der Waals surface area contributed by atoms with Crippen molar-refractivity contribution >= 4 is 17.3 Å². The number of methoxy groups -OCH3 is 2. The quantitative estimate of drug-likeness (QED) is 0.709. The summed E-state index contributed by atoms with van der Waals surface area (Å²) >= 11 is 0. The number of nitrogens with one attached hydrogen (secondary N) is 1. The topological polar surface area (TPSA) is 59.9 Å². The Kier molecular flexibility index (Phi) is 5.29. The monoisotopic (exact) mass is 386 g/mol. The number of hydrogen-bond acceptors (Lipinski definition) is 4. The molecule has 0 spiro atoms.